The largest absolute Gasteiger partial charge is 0.347 e. The molecule has 0 saturated carbocycles. The normalized spacial score (nSPS) is 12.5. The highest BCUT2D eigenvalue weighted by molar-refractivity contribution is 5.80. The topological polar surface area (TPSA) is 32.3 Å². The van der Waals surface area contributed by atoms with Crippen molar-refractivity contribution in [1.29, 1.82) is 0 Å². The molecule has 1 rings (SSSR count). The summed E-state index contributed by atoms with van der Waals surface area (Å²) in [4.78, 5) is 13.3. The van der Waals surface area contributed by atoms with E-state index in [9.17, 15) is 4.79 Å². The first-order valence-electron chi connectivity index (χ1n) is 6.92. The summed E-state index contributed by atoms with van der Waals surface area (Å²) in [7, 11) is 3.56. The van der Waals surface area contributed by atoms with E-state index in [1.54, 1.807) is 19.0 Å². The van der Waals surface area contributed by atoms with Crippen LogP contribution in [0.15, 0.2) is 24.3 Å². The van der Waals surface area contributed by atoms with Crippen molar-refractivity contribution in [3.05, 3.63) is 35.4 Å². The number of hydrogen-bond acceptors (Lipinski definition) is 2. The number of nitrogens with zero attached hydrogens (tertiary/aromatic N) is 1. The van der Waals surface area contributed by atoms with Gasteiger partial charge in [-0.05, 0) is 30.4 Å². The highest BCUT2D eigenvalue weighted by atomic mass is 16.2. The van der Waals surface area contributed by atoms with Gasteiger partial charge in [0.25, 0.3) is 0 Å². The molecule has 0 bridgehead atoms. The summed E-state index contributed by atoms with van der Waals surface area (Å²) < 4.78 is 0. The van der Waals surface area contributed by atoms with E-state index in [1.165, 1.54) is 11.1 Å². The summed E-state index contributed by atoms with van der Waals surface area (Å²) in [6.45, 7) is 7.08. The van der Waals surface area contributed by atoms with Crippen molar-refractivity contribution in [1.82, 2.24) is 10.2 Å². The maximum atomic E-state index is 11.7. The number of hydrogen-bond donors (Lipinski definition) is 1. The summed E-state index contributed by atoms with van der Waals surface area (Å²) in [6, 6.07) is 8.48. The highest BCUT2D eigenvalue weighted by Gasteiger charge is 2.13. The molecule has 19 heavy (non-hydrogen) atoms. The van der Waals surface area contributed by atoms with Gasteiger partial charge in [-0.2, -0.15) is 0 Å². The number of carbonyl (C=O) groups is 1. The van der Waals surface area contributed by atoms with Crippen molar-refractivity contribution in [2.75, 3.05) is 14.1 Å². The Labute approximate surface area is 117 Å². The van der Waals surface area contributed by atoms with Gasteiger partial charge >= 0.3 is 0 Å². The third-order valence-electron chi connectivity index (χ3n) is 3.09. The Morgan fingerprint density at radius 2 is 1.63 bits per heavy atom. The van der Waals surface area contributed by atoms with Gasteiger partial charge in [-0.1, -0.05) is 38.1 Å². The van der Waals surface area contributed by atoms with E-state index in [0.717, 1.165) is 13.0 Å². The summed E-state index contributed by atoms with van der Waals surface area (Å²) in [5, 5.41) is 3.25. The number of likely N-dealkylation sites (N-methyl/N-ethyl adjacent to an activating group) is 1. The average Bonchev–Trinajstić information content (AvgIpc) is 2.35. The van der Waals surface area contributed by atoms with Crippen molar-refractivity contribution in [3.8, 4) is 0 Å². The number of amides is 1. The minimum absolute atomic E-state index is 0.108. The first kappa shape index (κ1) is 15.7. The smallest absolute Gasteiger partial charge is 0.238 e. The van der Waals surface area contributed by atoms with Crippen LogP contribution < -0.4 is 5.32 Å². The molecule has 1 N–H and O–H groups in total. The van der Waals surface area contributed by atoms with E-state index in [4.69, 9.17) is 0 Å². The van der Waals surface area contributed by atoms with Crippen molar-refractivity contribution < 1.29 is 4.79 Å². The number of nitrogens with one attached hydrogen (secondary N) is 1. The van der Waals surface area contributed by atoms with Crippen molar-refractivity contribution in [3.63, 3.8) is 0 Å². The van der Waals surface area contributed by atoms with Gasteiger partial charge in [0.2, 0.25) is 5.91 Å². The summed E-state index contributed by atoms with van der Waals surface area (Å²) in [5.74, 6) is 0.790. The van der Waals surface area contributed by atoms with Gasteiger partial charge in [-0.25, -0.2) is 0 Å². The molecule has 3 heteroatoms. The van der Waals surface area contributed by atoms with Gasteiger partial charge in [0.05, 0.1) is 6.04 Å². The molecule has 0 spiro atoms. The predicted molar refractivity (Wildman–Crippen MR) is 80.0 cm³/mol. The number of benzene rings is 1. The second kappa shape index (κ2) is 7.29. The van der Waals surface area contributed by atoms with Crippen LogP contribution in [-0.2, 0) is 17.8 Å². The molecule has 0 aliphatic carbocycles. The maximum absolute atomic E-state index is 11.7. The van der Waals surface area contributed by atoms with Gasteiger partial charge in [0.1, 0.15) is 0 Å². The third-order valence-corrected chi connectivity index (χ3v) is 3.09. The fourth-order valence-electron chi connectivity index (χ4n) is 2.01. The number of rotatable bonds is 6. The lowest BCUT2D eigenvalue weighted by atomic mass is 10.0. The number of carbonyl (C=O) groups excluding carboxylic acids is 1. The first-order valence-corrected chi connectivity index (χ1v) is 6.92. The Kier molecular flexibility index (Phi) is 6.03. The molecule has 1 amide bonds. The predicted octanol–water partition coefficient (Wildman–Crippen LogP) is 2.45. The molecule has 1 aromatic rings. The molecule has 0 fully saturated rings. The van der Waals surface area contributed by atoms with E-state index >= 15 is 0 Å². The van der Waals surface area contributed by atoms with Gasteiger partial charge < -0.3 is 10.2 Å². The lowest BCUT2D eigenvalue weighted by Gasteiger charge is -2.18. The second-order valence-corrected chi connectivity index (χ2v) is 5.75. The van der Waals surface area contributed by atoms with E-state index in [2.05, 4.69) is 43.4 Å². The van der Waals surface area contributed by atoms with Gasteiger partial charge in [-0.15, -0.1) is 0 Å². The van der Waals surface area contributed by atoms with Crippen LogP contribution in [0.3, 0.4) is 0 Å². The van der Waals surface area contributed by atoms with Crippen LogP contribution in [0.5, 0.6) is 0 Å². The standard InChI is InChI=1S/C16H26N2O/c1-12(2)10-14-6-8-15(9-7-14)11-17-13(3)16(19)18(4)5/h6-9,12-13,17H,10-11H2,1-5H3. The first-order chi connectivity index (χ1) is 8.90. The zero-order valence-electron chi connectivity index (χ0n) is 12.7. The van der Waals surface area contributed by atoms with Gasteiger partial charge in [0, 0.05) is 20.6 Å². The highest BCUT2D eigenvalue weighted by Crippen LogP contribution is 2.09. The fraction of sp³-hybridized carbons (Fsp3) is 0.562. The molecule has 1 aromatic carbocycles. The molecule has 0 saturated heterocycles. The Morgan fingerprint density at radius 3 is 2.11 bits per heavy atom. The van der Waals surface area contributed by atoms with Crippen LogP contribution in [0, 0.1) is 5.92 Å². The minimum atomic E-state index is -0.148. The Bertz CT molecular complexity index is 396. The summed E-state index contributed by atoms with van der Waals surface area (Å²) in [5.41, 5.74) is 2.59. The SMILES string of the molecule is CC(C)Cc1ccc(CNC(C)C(=O)N(C)C)cc1. The fourth-order valence-corrected chi connectivity index (χ4v) is 2.01. The maximum Gasteiger partial charge on any atom is 0.238 e. The molecule has 0 aliphatic rings. The van der Waals surface area contributed by atoms with Crippen LogP contribution >= 0.6 is 0 Å². The molecule has 0 heterocycles. The van der Waals surface area contributed by atoms with Gasteiger partial charge in [0.15, 0.2) is 0 Å². The van der Waals surface area contributed by atoms with Crippen molar-refractivity contribution in [2.24, 2.45) is 5.92 Å². The van der Waals surface area contributed by atoms with Crippen LogP contribution in [0.2, 0.25) is 0 Å². The average molecular weight is 262 g/mol. The molecule has 3 nitrogen and oxygen atoms in total. The van der Waals surface area contributed by atoms with E-state index in [1.807, 2.05) is 6.92 Å². The monoisotopic (exact) mass is 262 g/mol. The summed E-state index contributed by atoms with van der Waals surface area (Å²) in [6.07, 6.45) is 1.11. The lowest BCUT2D eigenvalue weighted by molar-refractivity contribution is -0.130. The molecule has 0 aromatic heterocycles. The molecular weight excluding hydrogens is 236 g/mol. The second-order valence-electron chi connectivity index (χ2n) is 5.75. The third kappa shape index (κ3) is 5.43. The quantitative estimate of drug-likeness (QED) is 0.854. The van der Waals surface area contributed by atoms with Crippen LogP contribution in [-0.4, -0.2) is 30.9 Å². The van der Waals surface area contributed by atoms with Crippen molar-refractivity contribution >= 4 is 5.91 Å². The zero-order chi connectivity index (χ0) is 14.4. The Hall–Kier alpha value is -1.35. The van der Waals surface area contributed by atoms with Crippen LogP contribution in [0.4, 0.5) is 0 Å². The lowest BCUT2D eigenvalue weighted by Crippen LogP contribution is -2.41. The molecule has 1 atom stereocenters. The van der Waals surface area contributed by atoms with E-state index < -0.39 is 0 Å². The van der Waals surface area contributed by atoms with Crippen LogP contribution in [0.1, 0.15) is 31.9 Å². The molecule has 0 radical (unpaired) electrons. The van der Waals surface area contributed by atoms with E-state index in [-0.39, 0.29) is 11.9 Å². The Balaban J connectivity index is 2.48. The van der Waals surface area contributed by atoms with Crippen LogP contribution in [0.25, 0.3) is 0 Å². The zero-order valence-corrected chi connectivity index (χ0v) is 12.7. The molecule has 1 unspecified atom stereocenters. The Morgan fingerprint density at radius 1 is 1.11 bits per heavy atom. The molecular formula is C16H26N2O. The van der Waals surface area contributed by atoms with Crippen molar-refractivity contribution in [2.45, 2.75) is 39.8 Å². The molecule has 106 valence electrons. The molecule has 0 aliphatic heterocycles. The minimum Gasteiger partial charge on any atom is -0.347 e. The van der Waals surface area contributed by atoms with Gasteiger partial charge in [-0.3, -0.25) is 4.79 Å². The van der Waals surface area contributed by atoms with E-state index in [0.29, 0.717) is 5.92 Å². The summed E-state index contributed by atoms with van der Waals surface area (Å²) >= 11 is 0.